The number of aliphatic hydroxyl groups excluding tert-OH is 2. The van der Waals surface area contributed by atoms with E-state index in [1.165, 1.54) is 5.56 Å². The van der Waals surface area contributed by atoms with Crippen molar-refractivity contribution in [1.82, 2.24) is 0 Å². The highest BCUT2D eigenvalue weighted by atomic mass is 32.2. The molecular weight excluding hydrogens is 304 g/mol. The van der Waals surface area contributed by atoms with Crippen LogP contribution in [0.2, 0.25) is 0 Å². The van der Waals surface area contributed by atoms with Gasteiger partial charge in [0.1, 0.15) is 5.75 Å². The Labute approximate surface area is 136 Å². The molecule has 0 radical (unpaired) electrons. The maximum absolute atomic E-state index is 10.5. The number of phenols is 1. The van der Waals surface area contributed by atoms with Crippen LogP contribution in [0.15, 0.2) is 12.1 Å². The number of hydrogen-bond donors (Lipinski definition) is 3. The van der Waals surface area contributed by atoms with Crippen molar-refractivity contribution in [2.75, 3.05) is 24.7 Å². The van der Waals surface area contributed by atoms with Crippen LogP contribution < -0.4 is 0 Å². The van der Waals surface area contributed by atoms with Gasteiger partial charge in [-0.3, -0.25) is 0 Å². The second-order valence-corrected chi connectivity index (χ2v) is 8.16. The number of rotatable bonds is 8. The molecule has 0 saturated carbocycles. The van der Waals surface area contributed by atoms with Crippen LogP contribution in [-0.4, -0.2) is 40.0 Å². The van der Waals surface area contributed by atoms with Crippen LogP contribution in [0.25, 0.3) is 0 Å². The van der Waals surface area contributed by atoms with Crippen molar-refractivity contribution in [3.63, 3.8) is 0 Å². The molecule has 1 aromatic carbocycles. The predicted octanol–water partition coefficient (Wildman–Crippen LogP) is 3.14. The molecular formula is C16H26O3S2. The Bertz CT molecular complexity index is 442. The molecule has 0 unspecified atom stereocenters. The van der Waals surface area contributed by atoms with Crippen LogP contribution in [0.1, 0.15) is 37.5 Å². The summed E-state index contributed by atoms with van der Waals surface area (Å²) in [5.74, 6) is 3.31. The van der Waals surface area contributed by atoms with Gasteiger partial charge < -0.3 is 15.3 Å². The van der Waals surface area contributed by atoms with E-state index in [9.17, 15) is 5.11 Å². The smallest absolute Gasteiger partial charge is 0.123 e. The first-order valence-electron chi connectivity index (χ1n) is 7.12. The van der Waals surface area contributed by atoms with Crippen molar-refractivity contribution in [2.45, 2.75) is 37.7 Å². The molecule has 5 heteroatoms. The summed E-state index contributed by atoms with van der Waals surface area (Å²) in [4.78, 5) is 0. The average molecular weight is 331 g/mol. The fourth-order valence-corrected chi connectivity index (χ4v) is 3.42. The Morgan fingerprint density at radius 3 is 2.05 bits per heavy atom. The summed E-state index contributed by atoms with van der Waals surface area (Å²) in [5, 5.41) is 28.3. The molecule has 1 rings (SSSR count). The van der Waals surface area contributed by atoms with Crippen molar-refractivity contribution in [1.29, 1.82) is 0 Å². The summed E-state index contributed by atoms with van der Waals surface area (Å²) in [5.41, 5.74) is 2.96. The summed E-state index contributed by atoms with van der Waals surface area (Å²) in [6.07, 6.45) is 0. The summed E-state index contributed by atoms with van der Waals surface area (Å²) >= 11 is 3.31. The van der Waals surface area contributed by atoms with E-state index in [1.54, 1.807) is 23.5 Å². The Hall–Kier alpha value is -0.360. The molecule has 0 aromatic heterocycles. The highest BCUT2D eigenvalue weighted by molar-refractivity contribution is 7.98. The first kappa shape index (κ1) is 18.7. The molecule has 0 bridgehead atoms. The molecule has 0 aliphatic heterocycles. The Kier molecular flexibility index (Phi) is 7.95. The molecule has 0 aliphatic carbocycles. The normalized spacial score (nSPS) is 11.9. The second-order valence-electron chi connectivity index (χ2n) is 5.95. The van der Waals surface area contributed by atoms with Gasteiger partial charge in [-0.15, -0.1) is 0 Å². The summed E-state index contributed by atoms with van der Waals surface area (Å²) in [7, 11) is 0. The second kappa shape index (κ2) is 8.93. The zero-order valence-electron chi connectivity index (χ0n) is 13.1. The number of hydrogen-bond acceptors (Lipinski definition) is 5. The van der Waals surface area contributed by atoms with Crippen molar-refractivity contribution in [3.05, 3.63) is 28.8 Å². The van der Waals surface area contributed by atoms with E-state index >= 15 is 0 Å². The molecule has 0 amide bonds. The van der Waals surface area contributed by atoms with Crippen molar-refractivity contribution >= 4 is 23.5 Å². The first-order valence-corrected chi connectivity index (χ1v) is 9.43. The Balaban J connectivity index is 3.01. The number of thioether (sulfide) groups is 2. The lowest BCUT2D eigenvalue weighted by atomic mass is 9.84. The van der Waals surface area contributed by atoms with E-state index in [-0.39, 0.29) is 18.6 Å². The van der Waals surface area contributed by atoms with Crippen molar-refractivity contribution in [2.24, 2.45) is 0 Å². The molecule has 1 aromatic rings. The van der Waals surface area contributed by atoms with Crippen LogP contribution >= 0.6 is 23.5 Å². The Morgan fingerprint density at radius 1 is 0.952 bits per heavy atom. The molecule has 0 atom stereocenters. The van der Waals surface area contributed by atoms with Gasteiger partial charge in [-0.25, -0.2) is 0 Å². The lowest BCUT2D eigenvalue weighted by molar-refractivity contribution is 0.322. The van der Waals surface area contributed by atoms with Gasteiger partial charge in [0.15, 0.2) is 0 Å². The maximum Gasteiger partial charge on any atom is 0.123 e. The zero-order valence-corrected chi connectivity index (χ0v) is 14.7. The molecule has 0 spiro atoms. The third kappa shape index (κ3) is 6.10. The van der Waals surface area contributed by atoms with Crippen LogP contribution in [-0.2, 0) is 16.9 Å². The third-order valence-electron chi connectivity index (χ3n) is 3.05. The fraction of sp³-hybridized carbons (Fsp3) is 0.625. The molecule has 3 nitrogen and oxygen atoms in total. The lowest BCUT2D eigenvalue weighted by Crippen LogP contribution is -2.13. The minimum atomic E-state index is -0.113. The van der Waals surface area contributed by atoms with E-state index in [2.05, 4.69) is 26.8 Å². The van der Waals surface area contributed by atoms with Crippen molar-refractivity contribution < 1.29 is 15.3 Å². The highest BCUT2D eigenvalue weighted by Gasteiger charge is 2.21. The monoisotopic (exact) mass is 330 g/mol. The third-order valence-corrected chi connectivity index (χ3v) is 5.05. The van der Waals surface area contributed by atoms with Crippen LogP contribution in [0.3, 0.4) is 0 Å². The van der Waals surface area contributed by atoms with Gasteiger partial charge in [-0.1, -0.05) is 32.9 Å². The number of phenolic OH excluding ortho intramolecular Hbond substituents is 1. The van der Waals surface area contributed by atoms with Gasteiger partial charge in [0.25, 0.3) is 0 Å². The molecule has 120 valence electrons. The summed E-state index contributed by atoms with van der Waals surface area (Å²) < 4.78 is 0. The standard InChI is InChI=1S/C16H26O3S2/c1-16(2,3)14-9-12(10-20-6-4-17)8-13(15(14)19)11-21-7-5-18/h8-9,17-19H,4-7,10-11H2,1-3H3. The van der Waals surface area contributed by atoms with Gasteiger partial charge in [-0.05, 0) is 16.5 Å². The number of aliphatic hydroxyl groups is 2. The number of aromatic hydroxyl groups is 1. The van der Waals surface area contributed by atoms with Crippen molar-refractivity contribution in [3.8, 4) is 5.75 Å². The predicted molar refractivity (Wildman–Crippen MR) is 93.3 cm³/mol. The minimum absolute atomic E-state index is 0.113. The fourth-order valence-electron chi connectivity index (χ4n) is 2.03. The van der Waals surface area contributed by atoms with Gasteiger partial charge in [0.2, 0.25) is 0 Å². The quantitative estimate of drug-likeness (QED) is 0.639. The SMILES string of the molecule is CC(C)(C)c1cc(CSCCO)cc(CSCCO)c1O. The van der Waals surface area contributed by atoms with E-state index < -0.39 is 0 Å². The van der Waals surface area contributed by atoms with Crippen LogP contribution in [0.5, 0.6) is 5.75 Å². The van der Waals surface area contributed by atoms with Gasteiger partial charge in [0.05, 0.1) is 13.2 Å². The summed E-state index contributed by atoms with van der Waals surface area (Å²) in [6, 6.07) is 4.11. The molecule has 0 aliphatic rings. The molecule has 0 fully saturated rings. The number of benzene rings is 1. The molecule has 0 heterocycles. The van der Waals surface area contributed by atoms with E-state index in [1.807, 2.05) is 6.07 Å². The van der Waals surface area contributed by atoms with E-state index in [0.717, 1.165) is 22.6 Å². The minimum Gasteiger partial charge on any atom is -0.507 e. The lowest BCUT2D eigenvalue weighted by Gasteiger charge is -2.23. The molecule has 0 saturated heterocycles. The Morgan fingerprint density at radius 2 is 1.52 bits per heavy atom. The van der Waals surface area contributed by atoms with E-state index in [0.29, 0.717) is 17.3 Å². The van der Waals surface area contributed by atoms with Crippen LogP contribution in [0.4, 0.5) is 0 Å². The molecule has 3 N–H and O–H groups in total. The zero-order chi connectivity index (χ0) is 15.9. The first-order chi connectivity index (χ1) is 9.90. The average Bonchev–Trinajstić information content (AvgIpc) is 2.41. The van der Waals surface area contributed by atoms with Gasteiger partial charge in [-0.2, -0.15) is 23.5 Å². The molecule has 21 heavy (non-hydrogen) atoms. The van der Waals surface area contributed by atoms with Gasteiger partial charge >= 0.3 is 0 Å². The van der Waals surface area contributed by atoms with Crippen LogP contribution in [0, 0.1) is 0 Å². The largest absolute Gasteiger partial charge is 0.507 e. The maximum atomic E-state index is 10.5. The van der Waals surface area contributed by atoms with Gasteiger partial charge in [0, 0.05) is 28.6 Å². The highest BCUT2D eigenvalue weighted by Crippen LogP contribution is 2.36. The topological polar surface area (TPSA) is 60.7 Å². The summed E-state index contributed by atoms with van der Waals surface area (Å²) in [6.45, 7) is 6.63. The van der Waals surface area contributed by atoms with E-state index in [4.69, 9.17) is 10.2 Å².